The van der Waals surface area contributed by atoms with Crippen molar-refractivity contribution in [2.45, 2.75) is 38.8 Å². The van der Waals surface area contributed by atoms with Crippen molar-refractivity contribution in [1.82, 2.24) is 9.97 Å². The van der Waals surface area contributed by atoms with Crippen molar-refractivity contribution in [3.63, 3.8) is 0 Å². The summed E-state index contributed by atoms with van der Waals surface area (Å²) in [4.78, 5) is 35.6. The summed E-state index contributed by atoms with van der Waals surface area (Å²) >= 11 is 0. The van der Waals surface area contributed by atoms with Crippen molar-refractivity contribution in [1.29, 1.82) is 0 Å². The summed E-state index contributed by atoms with van der Waals surface area (Å²) in [6.45, 7) is 2.26. The molecule has 0 atom stereocenters. The minimum absolute atomic E-state index is 0.134. The van der Waals surface area contributed by atoms with Gasteiger partial charge in [-0.2, -0.15) is 13.2 Å². The Balaban J connectivity index is 1.53. The summed E-state index contributed by atoms with van der Waals surface area (Å²) in [5, 5.41) is 5.47. The van der Waals surface area contributed by atoms with Gasteiger partial charge in [0.05, 0.1) is 5.56 Å². The number of halogens is 3. The lowest BCUT2D eigenvalue weighted by molar-refractivity contribution is -0.137. The number of hydrogen-bond acceptors (Lipinski definition) is 5. The molecule has 0 spiro atoms. The van der Waals surface area contributed by atoms with Gasteiger partial charge in [0.25, 0.3) is 5.91 Å². The minimum Gasteiger partial charge on any atom is -0.384 e. The van der Waals surface area contributed by atoms with Crippen molar-refractivity contribution in [3.8, 4) is 0 Å². The molecule has 1 aliphatic rings. The number of carbonyl (C=O) groups excluding carboxylic acids is 2. The normalized spacial score (nSPS) is 13.8. The molecule has 1 saturated carbocycles. The number of amides is 3. The van der Waals surface area contributed by atoms with Gasteiger partial charge in [-0.05, 0) is 61.6 Å². The third-order valence-electron chi connectivity index (χ3n) is 6.30. The number of anilines is 4. The Hall–Kier alpha value is -4.15. The fourth-order valence-electron chi connectivity index (χ4n) is 4.30. The van der Waals surface area contributed by atoms with Gasteiger partial charge in [0.2, 0.25) is 0 Å². The van der Waals surface area contributed by atoms with Gasteiger partial charge in [0, 0.05) is 29.5 Å². The second kappa shape index (κ2) is 10.9. The van der Waals surface area contributed by atoms with E-state index in [9.17, 15) is 22.8 Å². The Labute approximate surface area is 212 Å². The number of carbonyl (C=O) groups is 2. The lowest BCUT2D eigenvalue weighted by Gasteiger charge is -2.25. The average molecular weight is 513 g/mol. The SMILES string of the molecule is Cc1ccc(NC(=O)c2cccc(C(F)(F)F)c2)cc1NC(=O)N(CC1CCCC1)c1cc(N)ncn1. The van der Waals surface area contributed by atoms with Crippen LogP contribution in [0.4, 0.5) is 41.0 Å². The van der Waals surface area contributed by atoms with E-state index in [1.807, 2.05) is 0 Å². The summed E-state index contributed by atoms with van der Waals surface area (Å²) < 4.78 is 39.1. The molecule has 0 unspecified atom stereocenters. The van der Waals surface area contributed by atoms with Gasteiger partial charge in [-0.15, -0.1) is 0 Å². The molecule has 4 rings (SSSR count). The number of benzene rings is 2. The van der Waals surface area contributed by atoms with Crippen molar-refractivity contribution in [2.24, 2.45) is 5.92 Å². The van der Waals surface area contributed by atoms with Crippen LogP contribution in [0.2, 0.25) is 0 Å². The molecule has 194 valence electrons. The molecular weight excluding hydrogens is 485 g/mol. The molecule has 0 bridgehead atoms. The van der Waals surface area contributed by atoms with Crippen LogP contribution in [-0.2, 0) is 6.18 Å². The lowest BCUT2D eigenvalue weighted by Crippen LogP contribution is -2.39. The summed E-state index contributed by atoms with van der Waals surface area (Å²) in [7, 11) is 0. The van der Waals surface area contributed by atoms with Gasteiger partial charge >= 0.3 is 12.2 Å². The number of nitrogens with one attached hydrogen (secondary N) is 2. The van der Waals surface area contributed by atoms with Crippen molar-refractivity contribution in [3.05, 3.63) is 71.5 Å². The minimum atomic E-state index is -4.56. The molecule has 1 aliphatic carbocycles. The van der Waals surface area contributed by atoms with E-state index in [0.717, 1.165) is 43.4 Å². The molecule has 3 aromatic rings. The Kier molecular flexibility index (Phi) is 7.61. The van der Waals surface area contributed by atoms with Gasteiger partial charge < -0.3 is 16.4 Å². The molecule has 11 heteroatoms. The summed E-state index contributed by atoms with van der Waals surface area (Å²) in [6.07, 6.45) is 0.990. The van der Waals surface area contributed by atoms with Gasteiger partial charge in [0.15, 0.2) is 0 Å². The maximum absolute atomic E-state index is 13.4. The van der Waals surface area contributed by atoms with E-state index in [2.05, 4.69) is 20.6 Å². The van der Waals surface area contributed by atoms with E-state index >= 15 is 0 Å². The molecule has 0 aliphatic heterocycles. The van der Waals surface area contributed by atoms with Crippen LogP contribution in [0.3, 0.4) is 0 Å². The number of nitrogen functional groups attached to an aromatic ring is 1. The zero-order chi connectivity index (χ0) is 26.6. The van der Waals surface area contributed by atoms with Gasteiger partial charge in [-0.3, -0.25) is 9.69 Å². The second-order valence-corrected chi connectivity index (χ2v) is 9.05. The molecule has 37 heavy (non-hydrogen) atoms. The molecule has 0 saturated heterocycles. The molecule has 8 nitrogen and oxygen atoms in total. The monoisotopic (exact) mass is 512 g/mol. The quantitative estimate of drug-likeness (QED) is 0.383. The highest BCUT2D eigenvalue weighted by atomic mass is 19.4. The standard InChI is InChI=1S/C26H27F3N6O2/c1-16-9-10-20(33-24(36)18-7-4-8-19(11-18)26(27,28)29)12-21(16)34-25(37)35(14-17-5-2-3-6-17)23-13-22(30)31-15-32-23/h4,7-13,15,17H,2-3,5-6,14H2,1H3,(H,33,36)(H,34,37)(H2,30,31,32). The summed E-state index contributed by atoms with van der Waals surface area (Å²) in [6, 6.07) is 10.1. The first kappa shape index (κ1) is 25.9. The Morgan fingerprint density at radius 1 is 1.05 bits per heavy atom. The fraction of sp³-hybridized carbons (Fsp3) is 0.308. The largest absolute Gasteiger partial charge is 0.416 e. The van der Waals surface area contributed by atoms with Gasteiger partial charge in [0.1, 0.15) is 18.0 Å². The van der Waals surface area contributed by atoms with Crippen molar-refractivity contribution >= 4 is 34.9 Å². The van der Waals surface area contributed by atoms with Crippen LogP contribution in [0.5, 0.6) is 0 Å². The first-order chi connectivity index (χ1) is 17.6. The van der Waals surface area contributed by atoms with Crippen LogP contribution in [0, 0.1) is 12.8 Å². The molecule has 2 aromatic carbocycles. The first-order valence-electron chi connectivity index (χ1n) is 11.9. The number of nitrogens with two attached hydrogens (primary N) is 1. The molecule has 1 aromatic heterocycles. The smallest absolute Gasteiger partial charge is 0.384 e. The Bertz CT molecular complexity index is 1290. The topological polar surface area (TPSA) is 113 Å². The molecule has 1 heterocycles. The van der Waals surface area contributed by atoms with Crippen molar-refractivity contribution < 1.29 is 22.8 Å². The highest BCUT2D eigenvalue weighted by Crippen LogP contribution is 2.30. The van der Waals surface area contributed by atoms with Crippen LogP contribution < -0.4 is 21.3 Å². The van der Waals surface area contributed by atoms with Crippen molar-refractivity contribution in [2.75, 3.05) is 27.8 Å². The van der Waals surface area contributed by atoms with E-state index in [4.69, 9.17) is 5.73 Å². The summed E-state index contributed by atoms with van der Waals surface area (Å²) in [5.74, 6) is 0.251. The Morgan fingerprint density at radius 2 is 1.81 bits per heavy atom. The predicted molar refractivity (Wildman–Crippen MR) is 135 cm³/mol. The van der Waals surface area contributed by atoms with Gasteiger partial charge in [-0.25, -0.2) is 14.8 Å². The van der Waals surface area contributed by atoms with Gasteiger partial charge in [-0.1, -0.05) is 25.0 Å². The number of hydrogen-bond donors (Lipinski definition) is 3. The molecule has 1 fully saturated rings. The Morgan fingerprint density at radius 3 is 2.51 bits per heavy atom. The van der Waals surface area contributed by atoms with E-state index in [-0.39, 0.29) is 11.4 Å². The third kappa shape index (κ3) is 6.54. The number of aromatic nitrogens is 2. The average Bonchev–Trinajstić information content (AvgIpc) is 3.37. The molecule has 0 radical (unpaired) electrons. The number of urea groups is 1. The lowest BCUT2D eigenvalue weighted by atomic mass is 10.1. The van der Waals surface area contributed by atoms with Crippen LogP contribution in [0.1, 0.15) is 47.2 Å². The number of nitrogens with zero attached hydrogens (tertiary/aromatic N) is 3. The second-order valence-electron chi connectivity index (χ2n) is 9.05. The predicted octanol–water partition coefficient (Wildman–Crippen LogP) is 5.87. The highest BCUT2D eigenvalue weighted by molar-refractivity contribution is 6.05. The molecule has 4 N–H and O–H groups in total. The zero-order valence-electron chi connectivity index (χ0n) is 20.2. The molecule has 3 amide bonds. The number of rotatable bonds is 6. The highest BCUT2D eigenvalue weighted by Gasteiger charge is 2.31. The van der Waals surface area contributed by atoms with Crippen LogP contribution >= 0.6 is 0 Å². The maximum Gasteiger partial charge on any atom is 0.416 e. The van der Waals surface area contributed by atoms with Crippen LogP contribution in [0.15, 0.2) is 54.9 Å². The first-order valence-corrected chi connectivity index (χ1v) is 11.9. The summed E-state index contributed by atoms with van der Waals surface area (Å²) in [5.41, 5.74) is 6.25. The fourth-order valence-corrected chi connectivity index (χ4v) is 4.30. The third-order valence-corrected chi connectivity index (χ3v) is 6.30. The van der Waals surface area contributed by atoms with E-state index in [0.29, 0.717) is 29.7 Å². The maximum atomic E-state index is 13.4. The van der Waals surface area contributed by atoms with E-state index in [1.165, 1.54) is 29.4 Å². The number of alkyl halides is 3. The van der Waals surface area contributed by atoms with E-state index < -0.39 is 23.7 Å². The molecular formula is C26H27F3N6O2. The van der Waals surface area contributed by atoms with E-state index in [1.54, 1.807) is 25.1 Å². The zero-order valence-corrected chi connectivity index (χ0v) is 20.2. The van der Waals surface area contributed by atoms with Crippen LogP contribution in [0.25, 0.3) is 0 Å². The van der Waals surface area contributed by atoms with Crippen LogP contribution in [-0.4, -0.2) is 28.5 Å². The number of aryl methyl sites for hydroxylation is 1.